The summed E-state index contributed by atoms with van der Waals surface area (Å²) in [5.74, 6) is 0.856. The van der Waals surface area contributed by atoms with Crippen molar-refractivity contribution < 1.29 is 4.79 Å². The minimum absolute atomic E-state index is 0.00315. The molecule has 1 aliphatic carbocycles. The Balaban J connectivity index is 1.25. The van der Waals surface area contributed by atoms with E-state index in [1.54, 1.807) is 0 Å². The van der Waals surface area contributed by atoms with E-state index in [0.717, 1.165) is 86.1 Å². The zero-order valence-electron chi connectivity index (χ0n) is 19.8. The summed E-state index contributed by atoms with van der Waals surface area (Å²) >= 11 is 0. The molecule has 34 heavy (non-hydrogen) atoms. The number of fused-ring (bicyclic) bond motifs is 2. The minimum atomic E-state index is 0.00315. The second kappa shape index (κ2) is 9.82. The van der Waals surface area contributed by atoms with Crippen molar-refractivity contribution >= 4 is 28.2 Å². The highest BCUT2D eigenvalue weighted by Crippen LogP contribution is 2.34. The number of nitrogens with zero attached hydrogens (tertiary/aromatic N) is 4. The van der Waals surface area contributed by atoms with E-state index in [0.29, 0.717) is 6.54 Å². The van der Waals surface area contributed by atoms with Crippen LogP contribution in [0.1, 0.15) is 42.1 Å². The van der Waals surface area contributed by atoms with Crippen LogP contribution in [0.25, 0.3) is 10.8 Å². The molecule has 1 saturated heterocycles. The molecule has 2 aliphatic rings. The van der Waals surface area contributed by atoms with E-state index >= 15 is 0 Å². The number of amides is 1. The average molecular weight is 454 g/mol. The van der Waals surface area contributed by atoms with Crippen LogP contribution < -0.4 is 10.2 Å². The molecule has 6 nitrogen and oxygen atoms in total. The summed E-state index contributed by atoms with van der Waals surface area (Å²) in [4.78, 5) is 22.2. The zero-order chi connectivity index (χ0) is 23.5. The molecule has 0 atom stereocenters. The van der Waals surface area contributed by atoms with Crippen LogP contribution in [-0.2, 0) is 24.1 Å². The van der Waals surface area contributed by atoms with Crippen LogP contribution in [0.5, 0.6) is 0 Å². The summed E-state index contributed by atoms with van der Waals surface area (Å²) in [5, 5.41) is 15.2. The van der Waals surface area contributed by atoms with E-state index in [9.17, 15) is 10.1 Å². The van der Waals surface area contributed by atoms with Crippen molar-refractivity contribution in [2.75, 3.05) is 42.9 Å². The highest BCUT2D eigenvalue weighted by molar-refractivity contribution is 6.02. The Kier molecular flexibility index (Phi) is 6.46. The van der Waals surface area contributed by atoms with Gasteiger partial charge in [-0.3, -0.25) is 9.69 Å². The predicted octanol–water partition coefficient (Wildman–Crippen LogP) is 4.31. The topological polar surface area (TPSA) is 72.3 Å². The lowest BCUT2D eigenvalue weighted by Crippen LogP contribution is -2.49. The van der Waals surface area contributed by atoms with Gasteiger partial charge in [0.2, 0.25) is 5.91 Å². The number of pyridine rings is 1. The molecule has 1 aliphatic heterocycles. The number of anilines is 2. The lowest BCUT2D eigenvalue weighted by Gasteiger charge is -2.36. The molecule has 2 heterocycles. The summed E-state index contributed by atoms with van der Waals surface area (Å²) < 4.78 is 0. The van der Waals surface area contributed by atoms with Crippen LogP contribution in [0.2, 0.25) is 0 Å². The fourth-order valence-electron chi connectivity index (χ4n) is 5.36. The molecule has 0 saturated carbocycles. The van der Waals surface area contributed by atoms with Crippen molar-refractivity contribution in [1.82, 2.24) is 9.88 Å². The van der Waals surface area contributed by atoms with Gasteiger partial charge in [0.1, 0.15) is 11.9 Å². The van der Waals surface area contributed by atoms with Gasteiger partial charge in [-0.15, -0.1) is 0 Å². The van der Waals surface area contributed by atoms with Crippen molar-refractivity contribution in [3.8, 4) is 6.07 Å². The van der Waals surface area contributed by atoms with Gasteiger partial charge in [-0.05, 0) is 48.3 Å². The third kappa shape index (κ3) is 4.36. The quantitative estimate of drug-likeness (QED) is 0.602. The van der Waals surface area contributed by atoms with E-state index in [1.807, 2.05) is 30.3 Å². The molecule has 0 unspecified atom stereocenters. The number of benzene rings is 2. The molecule has 5 rings (SSSR count). The smallest absolute Gasteiger partial charge is 0.238 e. The fourth-order valence-corrected chi connectivity index (χ4v) is 5.36. The molecule has 6 heteroatoms. The van der Waals surface area contributed by atoms with E-state index in [4.69, 9.17) is 4.98 Å². The third-order valence-corrected chi connectivity index (χ3v) is 7.03. The van der Waals surface area contributed by atoms with Crippen molar-refractivity contribution in [2.45, 2.75) is 39.0 Å². The van der Waals surface area contributed by atoms with Gasteiger partial charge < -0.3 is 10.2 Å². The minimum Gasteiger partial charge on any atom is -0.353 e. The SMILES string of the molecule is CCCc1nc(N2CCN(CC(=O)Nc3cccc4ccccc34)CC2)c(C#N)c2c1CCC2. The molecule has 1 amide bonds. The highest BCUT2D eigenvalue weighted by Gasteiger charge is 2.28. The van der Waals surface area contributed by atoms with Crippen LogP contribution >= 0.6 is 0 Å². The monoisotopic (exact) mass is 453 g/mol. The number of carbonyl (C=O) groups excluding carboxylic acids is 1. The number of aromatic nitrogens is 1. The van der Waals surface area contributed by atoms with Gasteiger partial charge in [-0.25, -0.2) is 4.98 Å². The van der Waals surface area contributed by atoms with Crippen molar-refractivity contribution in [2.24, 2.45) is 0 Å². The summed E-state index contributed by atoms with van der Waals surface area (Å²) in [6, 6.07) is 16.5. The number of nitriles is 1. The first kappa shape index (κ1) is 22.4. The summed E-state index contributed by atoms with van der Waals surface area (Å²) in [6.45, 7) is 5.64. The number of hydrogen-bond donors (Lipinski definition) is 1. The Labute approximate surface area is 201 Å². The Morgan fingerprint density at radius 2 is 1.82 bits per heavy atom. The summed E-state index contributed by atoms with van der Waals surface area (Å²) in [7, 11) is 0. The number of rotatable bonds is 6. The first-order valence-corrected chi connectivity index (χ1v) is 12.4. The molecular weight excluding hydrogens is 422 g/mol. The first-order valence-electron chi connectivity index (χ1n) is 12.4. The maximum absolute atomic E-state index is 12.8. The average Bonchev–Trinajstić information content (AvgIpc) is 3.35. The van der Waals surface area contributed by atoms with Crippen LogP contribution in [0.3, 0.4) is 0 Å². The van der Waals surface area contributed by atoms with E-state index < -0.39 is 0 Å². The van der Waals surface area contributed by atoms with Gasteiger partial charge in [0.25, 0.3) is 0 Å². The summed E-state index contributed by atoms with van der Waals surface area (Å²) in [6.07, 6.45) is 5.18. The van der Waals surface area contributed by atoms with Crippen molar-refractivity contribution in [3.63, 3.8) is 0 Å². The molecule has 2 aromatic carbocycles. The normalized spacial score (nSPS) is 15.8. The first-order chi connectivity index (χ1) is 16.7. The second-order valence-electron chi connectivity index (χ2n) is 9.27. The number of hydrogen-bond acceptors (Lipinski definition) is 5. The molecule has 174 valence electrons. The number of piperazine rings is 1. The van der Waals surface area contributed by atoms with Crippen LogP contribution in [0, 0.1) is 11.3 Å². The lowest BCUT2D eigenvalue weighted by molar-refractivity contribution is -0.117. The largest absolute Gasteiger partial charge is 0.353 e. The molecule has 3 aromatic rings. The standard InChI is InChI=1S/C28H31N5O/c1-2-7-25-23-12-6-11-22(23)24(18-29)28(31-25)33-16-14-32(15-17-33)19-27(34)30-26-13-5-9-20-8-3-4-10-21(20)26/h3-5,8-10,13H,2,6-7,11-12,14-17,19H2,1H3,(H,30,34). The Bertz CT molecular complexity index is 1250. The number of nitrogens with one attached hydrogen (secondary N) is 1. The maximum atomic E-state index is 12.8. The van der Waals surface area contributed by atoms with Gasteiger partial charge in [0.15, 0.2) is 0 Å². The summed E-state index contributed by atoms with van der Waals surface area (Å²) in [5.41, 5.74) is 5.36. The number of carbonyl (C=O) groups is 1. The van der Waals surface area contributed by atoms with Crippen LogP contribution in [0.15, 0.2) is 42.5 Å². The van der Waals surface area contributed by atoms with Gasteiger partial charge >= 0.3 is 0 Å². The van der Waals surface area contributed by atoms with Gasteiger partial charge in [0.05, 0.1) is 12.1 Å². The molecule has 1 fully saturated rings. The molecule has 1 aromatic heterocycles. The van der Waals surface area contributed by atoms with Crippen molar-refractivity contribution in [1.29, 1.82) is 5.26 Å². The predicted molar refractivity (Wildman–Crippen MR) is 136 cm³/mol. The van der Waals surface area contributed by atoms with Crippen LogP contribution in [-0.4, -0.2) is 48.5 Å². The van der Waals surface area contributed by atoms with Gasteiger partial charge in [0, 0.05) is 42.9 Å². The molecule has 0 spiro atoms. The van der Waals surface area contributed by atoms with Crippen molar-refractivity contribution in [3.05, 3.63) is 64.8 Å². The Morgan fingerprint density at radius 1 is 1.06 bits per heavy atom. The fraction of sp³-hybridized carbons (Fsp3) is 0.393. The maximum Gasteiger partial charge on any atom is 0.238 e. The molecule has 0 radical (unpaired) electrons. The van der Waals surface area contributed by atoms with E-state index in [-0.39, 0.29) is 5.91 Å². The molecular formula is C28H31N5O. The third-order valence-electron chi connectivity index (χ3n) is 7.03. The van der Waals surface area contributed by atoms with Crippen LogP contribution in [0.4, 0.5) is 11.5 Å². The van der Waals surface area contributed by atoms with E-state index in [2.05, 4.69) is 40.2 Å². The second-order valence-corrected chi connectivity index (χ2v) is 9.27. The zero-order valence-corrected chi connectivity index (χ0v) is 19.8. The Morgan fingerprint density at radius 3 is 2.62 bits per heavy atom. The molecule has 1 N–H and O–H groups in total. The molecule has 0 bridgehead atoms. The van der Waals surface area contributed by atoms with Gasteiger partial charge in [-0.1, -0.05) is 49.7 Å². The lowest BCUT2D eigenvalue weighted by atomic mass is 10.0. The Hall–Kier alpha value is -3.43. The highest BCUT2D eigenvalue weighted by atomic mass is 16.2. The van der Waals surface area contributed by atoms with Gasteiger partial charge in [-0.2, -0.15) is 5.26 Å². The number of aryl methyl sites for hydroxylation is 1. The van der Waals surface area contributed by atoms with E-state index in [1.165, 1.54) is 16.8 Å².